The first-order valence-corrected chi connectivity index (χ1v) is 13.0. The van der Waals surface area contributed by atoms with E-state index < -0.39 is 36.2 Å². The zero-order chi connectivity index (χ0) is 29.4. The van der Waals surface area contributed by atoms with E-state index >= 15 is 0 Å². The number of anilines is 2. The summed E-state index contributed by atoms with van der Waals surface area (Å²) in [5.74, 6) is -1.62. The van der Waals surface area contributed by atoms with Crippen molar-refractivity contribution in [1.29, 1.82) is 0 Å². The van der Waals surface area contributed by atoms with E-state index in [1.54, 1.807) is 0 Å². The number of amides is 1. The van der Waals surface area contributed by atoms with Gasteiger partial charge in [-0.2, -0.15) is 13.2 Å². The number of esters is 1. The van der Waals surface area contributed by atoms with Crippen LogP contribution in [0.5, 0.6) is 0 Å². The van der Waals surface area contributed by atoms with Gasteiger partial charge in [0.05, 0.1) is 29.6 Å². The first-order valence-electron chi connectivity index (χ1n) is 13.0. The predicted octanol–water partition coefficient (Wildman–Crippen LogP) is 4.49. The Labute approximate surface area is 231 Å². The number of hydrogen-bond acceptors (Lipinski definition) is 8. The van der Waals surface area contributed by atoms with Gasteiger partial charge in [0.15, 0.2) is 0 Å². The number of unbranched alkanes of at least 4 members (excludes halogenated alkanes) is 1. The third-order valence-corrected chi connectivity index (χ3v) is 5.73. The lowest BCUT2D eigenvalue weighted by molar-refractivity contribution is -0.137. The molecular formula is C27H37F4N5O4. The first-order chi connectivity index (χ1) is 19.2. The molecule has 40 heavy (non-hydrogen) atoms. The van der Waals surface area contributed by atoms with Crippen molar-refractivity contribution in [3.05, 3.63) is 58.9 Å². The smallest absolute Gasteiger partial charge is 0.416 e. The average molecular weight is 572 g/mol. The highest BCUT2D eigenvalue weighted by molar-refractivity contribution is 6.00. The maximum absolute atomic E-state index is 14.7. The molecule has 0 fully saturated rings. The number of nitrogens with two attached hydrogens (primary N) is 1. The Morgan fingerprint density at radius 3 is 2.23 bits per heavy atom. The van der Waals surface area contributed by atoms with Crippen molar-refractivity contribution in [2.45, 2.75) is 38.5 Å². The number of carbonyl (C=O) groups is 2. The van der Waals surface area contributed by atoms with Crippen molar-refractivity contribution in [2.24, 2.45) is 5.73 Å². The number of hydrogen-bond donors (Lipinski definition) is 5. The van der Waals surface area contributed by atoms with E-state index in [9.17, 15) is 27.2 Å². The highest BCUT2D eigenvalue weighted by Crippen LogP contribution is 2.30. The van der Waals surface area contributed by atoms with Gasteiger partial charge >= 0.3 is 18.2 Å². The van der Waals surface area contributed by atoms with E-state index in [1.807, 2.05) is 0 Å². The molecule has 0 aliphatic carbocycles. The number of alkyl halides is 3. The molecule has 0 saturated carbocycles. The molecule has 0 aromatic heterocycles. The minimum atomic E-state index is -4.54. The standard InChI is InChI=1S/C27H37F4N5O4/c1-39-25(37)21-16-22(28)24(35-14-6-13-34-11-3-2-10-33-12-5-9-32)17-23(21)36-26(38)40-18-19-7-4-8-20(15-19)27(29,30)31/h4,7-8,15-17,33-35H,2-3,5-6,9-14,18,32H2,1H3,(H,36,38). The summed E-state index contributed by atoms with van der Waals surface area (Å²) in [5.41, 5.74) is 4.40. The molecule has 0 heterocycles. The zero-order valence-electron chi connectivity index (χ0n) is 22.5. The van der Waals surface area contributed by atoms with Crippen LogP contribution in [-0.2, 0) is 22.3 Å². The molecule has 0 atom stereocenters. The number of methoxy groups -OCH3 is 1. The van der Waals surface area contributed by atoms with Gasteiger partial charge < -0.3 is 31.2 Å². The number of carbonyl (C=O) groups excluding carboxylic acids is 2. The normalized spacial score (nSPS) is 11.2. The van der Waals surface area contributed by atoms with Crippen molar-refractivity contribution < 1.29 is 36.6 Å². The summed E-state index contributed by atoms with van der Waals surface area (Å²) in [5, 5.41) is 11.9. The van der Waals surface area contributed by atoms with E-state index in [-0.39, 0.29) is 22.5 Å². The fourth-order valence-electron chi connectivity index (χ4n) is 3.64. The highest BCUT2D eigenvalue weighted by Gasteiger charge is 2.30. The van der Waals surface area contributed by atoms with Crippen LogP contribution in [0.15, 0.2) is 36.4 Å². The van der Waals surface area contributed by atoms with Crippen LogP contribution in [0.3, 0.4) is 0 Å². The summed E-state index contributed by atoms with van der Waals surface area (Å²) in [6.07, 6.45) is -1.86. The number of ether oxygens (including phenoxy) is 2. The van der Waals surface area contributed by atoms with Crippen LogP contribution < -0.4 is 27.0 Å². The fraction of sp³-hybridized carbons (Fsp3) is 0.481. The molecule has 9 nitrogen and oxygen atoms in total. The van der Waals surface area contributed by atoms with E-state index in [4.69, 9.17) is 10.5 Å². The third-order valence-electron chi connectivity index (χ3n) is 5.73. The minimum Gasteiger partial charge on any atom is -0.465 e. The lowest BCUT2D eigenvalue weighted by Crippen LogP contribution is -2.22. The molecule has 2 rings (SSSR count). The van der Waals surface area contributed by atoms with E-state index in [2.05, 4.69) is 26.0 Å². The Bertz CT molecular complexity index is 1090. The van der Waals surface area contributed by atoms with E-state index in [1.165, 1.54) is 18.2 Å². The Morgan fingerprint density at radius 1 is 0.900 bits per heavy atom. The van der Waals surface area contributed by atoms with Gasteiger partial charge in [0.2, 0.25) is 0 Å². The summed E-state index contributed by atoms with van der Waals surface area (Å²) in [4.78, 5) is 24.5. The van der Waals surface area contributed by atoms with Crippen LogP contribution in [-0.4, -0.2) is 58.4 Å². The number of nitrogens with one attached hydrogen (secondary N) is 4. The molecule has 0 spiro atoms. The topological polar surface area (TPSA) is 127 Å². The second-order valence-electron chi connectivity index (χ2n) is 8.90. The summed E-state index contributed by atoms with van der Waals surface area (Å²) < 4.78 is 63.1. The Morgan fingerprint density at radius 2 is 1.57 bits per heavy atom. The largest absolute Gasteiger partial charge is 0.465 e. The number of benzene rings is 2. The van der Waals surface area contributed by atoms with Gasteiger partial charge in [-0.15, -0.1) is 0 Å². The fourth-order valence-corrected chi connectivity index (χ4v) is 3.64. The van der Waals surface area contributed by atoms with Gasteiger partial charge in [-0.3, -0.25) is 5.32 Å². The third kappa shape index (κ3) is 11.8. The lowest BCUT2D eigenvalue weighted by atomic mass is 10.1. The van der Waals surface area contributed by atoms with Crippen molar-refractivity contribution >= 4 is 23.4 Å². The molecule has 1 amide bonds. The summed E-state index contributed by atoms with van der Waals surface area (Å²) in [7, 11) is 1.10. The van der Waals surface area contributed by atoms with Crippen LogP contribution in [0.1, 0.15) is 47.2 Å². The molecular weight excluding hydrogens is 534 g/mol. The van der Waals surface area contributed by atoms with Gasteiger partial charge in [-0.1, -0.05) is 12.1 Å². The Balaban J connectivity index is 1.87. The molecule has 0 aliphatic rings. The van der Waals surface area contributed by atoms with Crippen LogP contribution in [0.4, 0.5) is 33.7 Å². The molecule has 13 heteroatoms. The molecule has 0 radical (unpaired) electrons. The van der Waals surface area contributed by atoms with Gasteiger partial charge in [-0.05, 0) is 88.2 Å². The molecule has 0 aliphatic heterocycles. The molecule has 2 aromatic carbocycles. The maximum atomic E-state index is 14.7. The van der Waals surface area contributed by atoms with Crippen LogP contribution in [0, 0.1) is 5.82 Å². The van der Waals surface area contributed by atoms with Gasteiger partial charge in [0.25, 0.3) is 0 Å². The average Bonchev–Trinajstić information content (AvgIpc) is 2.93. The summed E-state index contributed by atoms with van der Waals surface area (Å²) >= 11 is 0. The highest BCUT2D eigenvalue weighted by atomic mass is 19.4. The predicted molar refractivity (Wildman–Crippen MR) is 145 cm³/mol. The molecule has 0 saturated heterocycles. The van der Waals surface area contributed by atoms with E-state index in [0.29, 0.717) is 26.1 Å². The lowest BCUT2D eigenvalue weighted by Gasteiger charge is -2.15. The Kier molecular flexibility index (Phi) is 14.2. The zero-order valence-corrected chi connectivity index (χ0v) is 22.5. The molecule has 2 aromatic rings. The SMILES string of the molecule is COC(=O)c1cc(F)c(NCCCNCCCCNCCCN)cc1NC(=O)OCc1cccc(C(F)(F)F)c1. The van der Waals surface area contributed by atoms with Crippen LogP contribution >= 0.6 is 0 Å². The molecule has 222 valence electrons. The quantitative estimate of drug-likeness (QED) is 0.107. The van der Waals surface area contributed by atoms with E-state index in [0.717, 1.165) is 64.2 Å². The maximum Gasteiger partial charge on any atom is 0.416 e. The monoisotopic (exact) mass is 571 g/mol. The summed E-state index contributed by atoms with van der Waals surface area (Å²) in [6, 6.07) is 6.50. The number of rotatable bonds is 17. The Hall–Kier alpha value is -3.42. The first kappa shape index (κ1) is 32.8. The van der Waals surface area contributed by atoms with Crippen molar-refractivity contribution in [3.63, 3.8) is 0 Å². The number of halogens is 4. The van der Waals surface area contributed by atoms with Crippen LogP contribution in [0.2, 0.25) is 0 Å². The van der Waals surface area contributed by atoms with Crippen molar-refractivity contribution in [1.82, 2.24) is 10.6 Å². The van der Waals surface area contributed by atoms with Gasteiger partial charge in [-0.25, -0.2) is 14.0 Å². The molecule has 0 unspecified atom stereocenters. The van der Waals surface area contributed by atoms with Crippen LogP contribution in [0.25, 0.3) is 0 Å². The molecule has 6 N–H and O–H groups in total. The second-order valence-corrected chi connectivity index (χ2v) is 8.90. The van der Waals surface area contributed by atoms with Gasteiger partial charge in [0.1, 0.15) is 12.4 Å². The summed E-state index contributed by atoms with van der Waals surface area (Å²) in [6.45, 7) is 4.08. The van der Waals surface area contributed by atoms with Crippen molar-refractivity contribution in [3.8, 4) is 0 Å². The molecule has 0 bridgehead atoms. The second kappa shape index (κ2) is 17.3. The van der Waals surface area contributed by atoms with Gasteiger partial charge in [0, 0.05) is 6.54 Å². The minimum absolute atomic E-state index is 0.0457. The van der Waals surface area contributed by atoms with Crippen molar-refractivity contribution in [2.75, 3.05) is 57.0 Å².